The first-order valence-corrected chi connectivity index (χ1v) is 15.7. The molecule has 3 heterocycles. The first-order valence-electron chi connectivity index (χ1n) is 12.5. The largest absolute Gasteiger partial charge is 0.451 e. The normalized spacial score (nSPS) is 23.6. The van der Waals surface area contributed by atoms with Gasteiger partial charge in [-0.25, -0.2) is 13.2 Å². The number of aromatic nitrogens is 3. The Hall–Kier alpha value is -3.38. The second-order valence-corrected chi connectivity index (χ2v) is 14.7. The second kappa shape index (κ2) is 10.5. The lowest BCUT2D eigenvalue weighted by Crippen LogP contribution is -2.58. The van der Waals surface area contributed by atoms with Crippen molar-refractivity contribution < 1.29 is 36.4 Å². The van der Waals surface area contributed by atoms with Gasteiger partial charge in [0.25, 0.3) is 0 Å². The molecule has 0 N–H and O–H groups in total. The summed E-state index contributed by atoms with van der Waals surface area (Å²) in [7, 11) is -5.00. The van der Waals surface area contributed by atoms with Crippen LogP contribution in [-0.4, -0.2) is 70.6 Å². The second-order valence-electron chi connectivity index (χ2n) is 9.90. The number of carbonyl (C=O) groups is 2. The summed E-state index contributed by atoms with van der Waals surface area (Å²) < 4.78 is 55.4. The standard InChI is InChI=1S/C26H29N4O8PS/c1-26(17-29-15-20(27-28-29)16-39(33,36-2)37-3)24(30-21(31)14-22(30)40(26,34)35)25(32)38-23(18-10-6-4-7-11-18)19-12-8-5-9-13-19/h4-13,15,22-24H,14,16-17H2,1-3H3/t22-,24+,26+/m1/s1. The summed E-state index contributed by atoms with van der Waals surface area (Å²) in [5.74, 6) is -1.29. The Morgan fingerprint density at radius 1 is 1.07 bits per heavy atom. The van der Waals surface area contributed by atoms with E-state index in [0.29, 0.717) is 11.1 Å². The van der Waals surface area contributed by atoms with E-state index in [-0.39, 0.29) is 24.8 Å². The summed E-state index contributed by atoms with van der Waals surface area (Å²) in [5.41, 5.74) is 1.63. The van der Waals surface area contributed by atoms with Crippen molar-refractivity contribution in [3.05, 3.63) is 83.7 Å². The van der Waals surface area contributed by atoms with E-state index in [1.54, 1.807) is 0 Å². The van der Waals surface area contributed by atoms with Crippen molar-refractivity contribution in [2.45, 2.75) is 48.3 Å². The van der Waals surface area contributed by atoms with Gasteiger partial charge in [0.2, 0.25) is 5.91 Å². The maximum absolute atomic E-state index is 13.9. The predicted octanol–water partition coefficient (Wildman–Crippen LogP) is 2.71. The number of carbonyl (C=O) groups excluding carboxylic acids is 2. The van der Waals surface area contributed by atoms with Crippen LogP contribution in [0.25, 0.3) is 0 Å². The Labute approximate surface area is 231 Å². The topological polar surface area (TPSA) is 147 Å². The zero-order chi connectivity index (χ0) is 28.7. The molecule has 14 heteroatoms. The molecule has 3 atom stereocenters. The van der Waals surface area contributed by atoms with E-state index in [2.05, 4.69) is 10.3 Å². The number of β-lactam (4-membered cyclic amide) rings is 1. The minimum atomic E-state index is -4.04. The SMILES string of the molecule is COP(=O)(Cc1cn(C[C@@]2(C)[C@H](C(=O)OC(c3ccccc3)c3ccccc3)N3C(=O)C[C@H]3S2(=O)=O)nn1)OC. The number of benzene rings is 2. The van der Waals surface area contributed by atoms with E-state index in [1.807, 2.05) is 60.7 Å². The Morgan fingerprint density at radius 3 is 2.17 bits per heavy atom. The Morgan fingerprint density at radius 2 is 1.65 bits per heavy atom. The Kier molecular flexibility index (Phi) is 7.43. The van der Waals surface area contributed by atoms with Crippen LogP contribution in [0.5, 0.6) is 0 Å². The number of ether oxygens (including phenoxy) is 1. The molecule has 2 aliphatic rings. The molecule has 2 fully saturated rings. The molecule has 0 aliphatic carbocycles. The molecule has 0 radical (unpaired) electrons. The third kappa shape index (κ3) is 4.77. The van der Waals surface area contributed by atoms with Gasteiger partial charge in [-0.05, 0) is 18.1 Å². The highest BCUT2D eigenvalue weighted by Gasteiger charge is 2.70. The molecule has 3 aromatic rings. The highest BCUT2D eigenvalue weighted by Crippen LogP contribution is 2.50. The molecule has 2 aromatic carbocycles. The van der Waals surface area contributed by atoms with Crippen LogP contribution in [0.4, 0.5) is 0 Å². The van der Waals surface area contributed by atoms with Gasteiger partial charge < -0.3 is 18.7 Å². The summed E-state index contributed by atoms with van der Waals surface area (Å²) >= 11 is 0. The zero-order valence-electron chi connectivity index (χ0n) is 22.1. The van der Waals surface area contributed by atoms with Crippen molar-refractivity contribution in [3.8, 4) is 0 Å². The number of fused-ring (bicyclic) bond motifs is 1. The molecule has 212 valence electrons. The van der Waals surface area contributed by atoms with Crippen LogP contribution < -0.4 is 0 Å². The van der Waals surface area contributed by atoms with Gasteiger partial charge in [-0.1, -0.05) is 65.9 Å². The number of esters is 1. The van der Waals surface area contributed by atoms with Gasteiger partial charge in [0.05, 0.1) is 24.8 Å². The van der Waals surface area contributed by atoms with Crippen LogP contribution in [-0.2, 0) is 50.5 Å². The van der Waals surface area contributed by atoms with Crippen molar-refractivity contribution in [3.63, 3.8) is 0 Å². The van der Waals surface area contributed by atoms with Crippen LogP contribution in [0.15, 0.2) is 66.9 Å². The number of amides is 1. The highest BCUT2D eigenvalue weighted by molar-refractivity contribution is 7.93. The van der Waals surface area contributed by atoms with E-state index in [1.165, 1.54) is 32.0 Å². The van der Waals surface area contributed by atoms with Gasteiger partial charge >= 0.3 is 13.6 Å². The maximum Gasteiger partial charge on any atom is 0.336 e. The average molecular weight is 589 g/mol. The molecule has 1 amide bonds. The highest BCUT2D eigenvalue weighted by atomic mass is 32.2. The smallest absolute Gasteiger partial charge is 0.336 e. The van der Waals surface area contributed by atoms with Crippen LogP contribution in [0.2, 0.25) is 0 Å². The van der Waals surface area contributed by atoms with E-state index in [4.69, 9.17) is 13.8 Å². The zero-order valence-corrected chi connectivity index (χ0v) is 23.8. The summed E-state index contributed by atoms with van der Waals surface area (Å²) in [6.45, 7) is 1.12. The minimum Gasteiger partial charge on any atom is -0.451 e. The van der Waals surface area contributed by atoms with Crippen molar-refractivity contribution >= 4 is 29.3 Å². The summed E-state index contributed by atoms with van der Waals surface area (Å²) in [6.07, 6.45) is 0.197. The fourth-order valence-electron chi connectivity index (χ4n) is 5.25. The van der Waals surface area contributed by atoms with E-state index in [0.717, 1.165) is 4.90 Å². The number of hydrogen-bond acceptors (Lipinski definition) is 10. The molecule has 2 saturated heterocycles. The number of sulfone groups is 1. The lowest BCUT2D eigenvalue weighted by Gasteiger charge is -2.37. The van der Waals surface area contributed by atoms with Gasteiger partial charge in [0, 0.05) is 20.4 Å². The molecule has 5 rings (SSSR count). The van der Waals surface area contributed by atoms with Gasteiger partial charge in [0.15, 0.2) is 22.0 Å². The summed E-state index contributed by atoms with van der Waals surface area (Å²) in [5, 5.41) is 6.83. The number of rotatable bonds is 10. The minimum absolute atomic E-state index is 0.183. The van der Waals surface area contributed by atoms with Gasteiger partial charge in [-0.3, -0.25) is 14.0 Å². The number of hydrogen-bond donors (Lipinski definition) is 0. The molecule has 40 heavy (non-hydrogen) atoms. The first kappa shape index (κ1) is 28.2. The fraction of sp³-hybridized carbons (Fsp3) is 0.385. The van der Waals surface area contributed by atoms with Crippen LogP contribution >= 0.6 is 7.60 Å². The Bertz CT molecular complexity index is 1520. The van der Waals surface area contributed by atoms with Crippen molar-refractivity contribution in [1.29, 1.82) is 0 Å². The van der Waals surface area contributed by atoms with Crippen molar-refractivity contribution in [2.24, 2.45) is 0 Å². The monoisotopic (exact) mass is 588 g/mol. The molecule has 0 saturated carbocycles. The average Bonchev–Trinajstić information content (AvgIpc) is 3.44. The fourth-order valence-corrected chi connectivity index (χ4v) is 8.55. The lowest BCUT2D eigenvalue weighted by molar-refractivity contribution is -0.164. The van der Waals surface area contributed by atoms with Gasteiger partial charge in [-0.15, -0.1) is 5.10 Å². The molecule has 0 bridgehead atoms. The van der Waals surface area contributed by atoms with Crippen LogP contribution in [0.1, 0.15) is 36.3 Å². The predicted molar refractivity (Wildman–Crippen MR) is 143 cm³/mol. The molecule has 2 aliphatic heterocycles. The van der Waals surface area contributed by atoms with E-state index < -0.39 is 51.6 Å². The maximum atomic E-state index is 13.9. The lowest BCUT2D eigenvalue weighted by atomic mass is 9.95. The molecular weight excluding hydrogens is 559 g/mol. The summed E-state index contributed by atoms with van der Waals surface area (Å²) in [6, 6.07) is 16.7. The summed E-state index contributed by atoms with van der Waals surface area (Å²) in [4.78, 5) is 27.7. The van der Waals surface area contributed by atoms with Gasteiger partial charge in [-0.2, -0.15) is 0 Å². The van der Waals surface area contributed by atoms with Gasteiger partial charge in [0.1, 0.15) is 10.1 Å². The third-order valence-electron chi connectivity index (χ3n) is 7.45. The van der Waals surface area contributed by atoms with Crippen LogP contribution in [0.3, 0.4) is 0 Å². The van der Waals surface area contributed by atoms with Crippen LogP contribution in [0, 0.1) is 0 Å². The molecule has 0 spiro atoms. The third-order valence-corrected chi connectivity index (χ3v) is 12.0. The molecule has 1 aromatic heterocycles. The van der Waals surface area contributed by atoms with Crippen molar-refractivity contribution in [2.75, 3.05) is 14.2 Å². The van der Waals surface area contributed by atoms with E-state index in [9.17, 15) is 22.6 Å². The Balaban J connectivity index is 1.48. The quantitative estimate of drug-likeness (QED) is 0.197. The number of nitrogens with zero attached hydrogens (tertiary/aromatic N) is 4. The first-order chi connectivity index (χ1) is 19.0. The molecule has 0 unspecified atom stereocenters. The van der Waals surface area contributed by atoms with Crippen molar-refractivity contribution in [1.82, 2.24) is 19.9 Å². The van der Waals surface area contributed by atoms with E-state index >= 15 is 0 Å². The molecule has 12 nitrogen and oxygen atoms in total. The molecular formula is C26H29N4O8PS.